The minimum absolute atomic E-state index is 0.0134. The quantitative estimate of drug-likeness (QED) is 0.425. The monoisotopic (exact) mass is 519 g/mol. The highest BCUT2D eigenvalue weighted by Crippen LogP contribution is 2.23. The van der Waals surface area contributed by atoms with Gasteiger partial charge in [-0.2, -0.15) is 0 Å². The van der Waals surface area contributed by atoms with Gasteiger partial charge in [0, 0.05) is 25.6 Å². The summed E-state index contributed by atoms with van der Waals surface area (Å²) in [5, 5.41) is 2.98. The molecule has 0 saturated carbocycles. The average Bonchev–Trinajstić information content (AvgIpc) is 2.82. The van der Waals surface area contributed by atoms with E-state index < -0.39 is 21.9 Å². The van der Waals surface area contributed by atoms with Crippen molar-refractivity contribution in [3.8, 4) is 0 Å². The van der Waals surface area contributed by atoms with E-state index in [-0.39, 0.29) is 49.5 Å². The van der Waals surface area contributed by atoms with E-state index in [9.17, 15) is 22.4 Å². The number of carbonyl (C=O) groups is 2. The zero-order valence-corrected chi connectivity index (χ0v) is 22.6. The molecule has 0 fully saturated rings. The van der Waals surface area contributed by atoms with E-state index in [2.05, 4.69) is 5.32 Å². The van der Waals surface area contributed by atoms with Gasteiger partial charge in [0.1, 0.15) is 11.9 Å². The van der Waals surface area contributed by atoms with E-state index in [4.69, 9.17) is 0 Å². The summed E-state index contributed by atoms with van der Waals surface area (Å²) in [6.45, 7) is 7.92. The van der Waals surface area contributed by atoms with Gasteiger partial charge in [-0.05, 0) is 56.4 Å². The van der Waals surface area contributed by atoms with Crippen LogP contribution in [0.4, 0.5) is 10.1 Å². The Kier molecular flexibility index (Phi) is 10.9. The van der Waals surface area contributed by atoms with Crippen molar-refractivity contribution in [1.82, 2.24) is 10.2 Å². The van der Waals surface area contributed by atoms with Crippen LogP contribution in [0.2, 0.25) is 0 Å². The van der Waals surface area contributed by atoms with Gasteiger partial charge in [-0.3, -0.25) is 13.9 Å². The smallest absolute Gasteiger partial charge is 0.243 e. The number of rotatable bonds is 13. The van der Waals surface area contributed by atoms with Crippen LogP contribution in [0, 0.1) is 12.7 Å². The van der Waals surface area contributed by atoms with Crippen molar-refractivity contribution in [1.29, 1.82) is 0 Å². The van der Waals surface area contributed by atoms with Crippen LogP contribution in [0.15, 0.2) is 48.5 Å². The Bertz CT molecular complexity index is 1140. The number of carbonyl (C=O) groups excluding carboxylic acids is 2. The maximum atomic E-state index is 14.3. The summed E-state index contributed by atoms with van der Waals surface area (Å²) in [6, 6.07) is 12.7. The molecule has 0 unspecified atom stereocenters. The van der Waals surface area contributed by atoms with Crippen LogP contribution in [0.1, 0.15) is 57.6 Å². The second kappa shape index (κ2) is 13.4. The van der Waals surface area contributed by atoms with Gasteiger partial charge >= 0.3 is 0 Å². The molecule has 0 spiro atoms. The fraction of sp³-hybridized carbons (Fsp3) is 0.481. The Hall–Kier alpha value is -2.94. The Balaban J connectivity index is 2.25. The van der Waals surface area contributed by atoms with Crippen molar-refractivity contribution in [2.75, 3.05) is 17.1 Å². The number of sulfonamides is 1. The minimum Gasteiger partial charge on any atom is -0.352 e. The third-order valence-corrected chi connectivity index (χ3v) is 7.44. The van der Waals surface area contributed by atoms with E-state index in [1.54, 1.807) is 11.0 Å². The topological polar surface area (TPSA) is 86.8 Å². The van der Waals surface area contributed by atoms with Crippen LogP contribution in [-0.4, -0.2) is 50.0 Å². The number of aryl methyl sites for hydroxylation is 1. The lowest BCUT2D eigenvalue weighted by Gasteiger charge is -2.32. The Morgan fingerprint density at radius 2 is 1.67 bits per heavy atom. The predicted octanol–water partition coefficient (Wildman–Crippen LogP) is 4.40. The maximum absolute atomic E-state index is 14.3. The second-order valence-electron chi connectivity index (χ2n) is 9.08. The van der Waals surface area contributed by atoms with Crippen molar-refractivity contribution in [3.05, 3.63) is 65.5 Å². The van der Waals surface area contributed by atoms with E-state index in [0.717, 1.165) is 28.1 Å². The molecule has 36 heavy (non-hydrogen) atoms. The van der Waals surface area contributed by atoms with Crippen molar-refractivity contribution in [2.24, 2.45) is 0 Å². The highest BCUT2D eigenvalue weighted by molar-refractivity contribution is 7.92. The zero-order chi connectivity index (χ0) is 26.9. The summed E-state index contributed by atoms with van der Waals surface area (Å²) in [4.78, 5) is 28.1. The molecule has 198 valence electrons. The largest absolute Gasteiger partial charge is 0.352 e. The molecule has 0 heterocycles. The lowest BCUT2D eigenvalue weighted by Crippen LogP contribution is -2.50. The normalized spacial score (nSPS) is 13.1. The summed E-state index contributed by atoms with van der Waals surface area (Å²) >= 11 is 0. The van der Waals surface area contributed by atoms with Crippen molar-refractivity contribution in [3.63, 3.8) is 0 Å². The molecule has 0 aliphatic rings. The predicted molar refractivity (Wildman–Crippen MR) is 142 cm³/mol. The molecule has 7 nitrogen and oxygen atoms in total. The third kappa shape index (κ3) is 8.05. The number of nitrogens with one attached hydrogen (secondary N) is 1. The molecule has 0 aliphatic heterocycles. The highest BCUT2D eigenvalue weighted by Gasteiger charge is 2.30. The molecule has 2 rings (SSSR count). The third-order valence-electron chi connectivity index (χ3n) is 6.26. The summed E-state index contributed by atoms with van der Waals surface area (Å²) in [7, 11) is -3.76. The van der Waals surface area contributed by atoms with Crippen molar-refractivity contribution in [2.45, 2.75) is 72.0 Å². The molecule has 0 bridgehead atoms. The Morgan fingerprint density at radius 1 is 1.03 bits per heavy atom. The van der Waals surface area contributed by atoms with Crippen LogP contribution >= 0.6 is 0 Å². The average molecular weight is 520 g/mol. The summed E-state index contributed by atoms with van der Waals surface area (Å²) in [6.07, 6.45) is 2.40. The summed E-state index contributed by atoms with van der Waals surface area (Å²) in [5.41, 5.74) is 1.89. The standard InChI is InChI=1S/C27H38FN3O4S/c1-6-21(4)29-27(33)24(7-2)30(19-22-14-9-8-13-20(22)3)26(32)17-12-18-31(36(5,34)35)25-16-11-10-15-23(25)28/h8-11,13-16,21,24H,6-7,12,17-19H2,1-5H3,(H,29,33)/t21-,24-/m0/s1. The molecule has 0 radical (unpaired) electrons. The Morgan fingerprint density at radius 3 is 2.25 bits per heavy atom. The molecule has 2 amide bonds. The van der Waals surface area contributed by atoms with Gasteiger partial charge in [0.25, 0.3) is 0 Å². The Labute approximate surface area is 214 Å². The van der Waals surface area contributed by atoms with E-state index in [1.165, 1.54) is 18.2 Å². The lowest BCUT2D eigenvalue weighted by molar-refractivity contribution is -0.141. The number of benzene rings is 2. The van der Waals surface area contributed by atoms with Crippen LogP contribution in [0.3, 0.4) is 0 Å². The molecule has 2 atom stereocenters. The zero-order valence-electron chi connectivity index (χ0n) is 21.8. The van der Waals surface area contributed by atoms with Crippen LogP contribution in [0.25, 0.3) is 0 Å². The molecule has 0 saturated heterocycles. The second-order valence-corrected chi connectivity index (χ2v) is 11.0. The van der Waals surface area contributed by atoms with Crippen LogP contribution in [0.5, 0.6) is 0 Å². The molecule has 2 aromatic rings. The maximum Gasteiger partial charge on any atom is 0.243 e. The van der Waals surface area contributed by atoms with Crippen LogP contribution < -0.4 is 9.62 Å². The molecule has 2 aromatic carbocycles. The number of hydrogen-bond donors (Lipinski definition) is 1. The number of nitrogens with zero attached hydrogens (tertiary/aromatic N) is 2. The molecule has 1 N–H and O–H groups in total. The fourth-order valence-corrected chi connectivity index (χ4v) is 4.93. The van der Waals surface area contributed by atoms with Crippen molar-refractivity contribution < 1.29 is 22.4 Å². The number of halogens is 1. The highest BCUT2D eigenvalue weighted by atomic mass is 32.2. The summed E-state index contributed by atoms with van der Waals surface area (Å²) in [5.74, 6) is -1.12. The SMILES string of the molecule is CC[C@H](C)NC(=O)[C@H](CC)N(Cc1ccccc1C)C(=O)CCCN(c1ccccc1F)S(C)(=O)=O. The summed E-state index contributed by atoms with van der Waals surface area (Å²) < 4.78 is 40.0. The molecular formula is C27H38FN3O4S. The van der Waals surface area contributed by atoms with Gasteiger partial charge in [0.05, 0.1) is 11.9 Å². The number of hydrogen-bond acceptors (Lipinski definition) is 4. The van der Waals surface area contributed by atoms with Gasteiger partial charge < -0.3 is 10.2 Å². The van der Waals surface area contributed by atoms with Gasteiger partial charge in [-0.25, -0.2) is 12.8 Å². The fourth-order valence-electron chi connectivity index (χ4n) is 3.97. The molecule has 0 aromatic heterocycles. The molecule has 9 heteroatoms. The first kappa shape index (κ1) is 29.3. The van der Waals surface area contributed by atoms with Crippen molar-refractivity contribution >= 4 is 27.5 Å². The first-order valence-corrected chi connectivity index (χ1v) is 14.2. The van der Waals surface area contributed by atoms with Gasteiger partial charge in [0.2, 0.25) is 21.8 Å². The first-order chi connectivity index (χ1) is 17.0. The molecular weight excluding hydrogens is 481 g/mol. The lowest BCUT2D eigenvalue weighted by atomic mass is 10.0. The van der Waals surface area contributed by atoms with Crippen LogP contribution in [-0.2, 0) is 26.2 Å². The number of amides is 2. The first-order valence-electron chi connectivity index (χ1n) is 12.4. The van der Waals surface area contributed by atoms with Gasteiger partial charge in [0.15, 0.2) is 0 Å². The van der Waals surface area contributed by atoms with E-state index >= 15 is 0 Å². The molecule has 0 aliphatic carbocycles. The van der Waals surface area contributed by atoms with Gasteiger partial charge in [-0.15, -0.1) is 0 Å². The van der Waals surface area contributed by atoms with Gasteiger partial charge in [-0.1, -0.05) is 50.2 Å². The number of anilines is 1. The van der Waals surface area contributed by atoms with E-state index in [1.807, 2.05) is 52.0 Å². The van der Waals surface area contributed by atoms with E-state index in [0.29, 0.717) is 6.42 Å². The number of para-hydroxylation sites is 1. The minimum atomic E-state index is -3.76.